The second-order valence-corrected chi connectivity index (χ2v) is 5.64. The molecule has 1 nitrogen and oxygen atoms in total. The Bertz CT molecular complexity index is 758. The Balaban J connectivity index is 0.000000595. The fraction of sp³-hybridized carbons (Fsp3) is 0.273. The van der Waals surface area contributed by atoms with Gasteiger partial charge in [-0.2, -0.15) is 0 Å². The van der Waals surface area contributed by atoms with Crippen molar-refractivity contribution in [1.29, 1.82) is 0 Å². The third-order valence-electron chi connectivity index (χ3n) is 3.71. The summed E-state index contributed by atoms with van der Waals surface area (Å²) in [6.45, 7) is 8.27. The molecule has 0 aromatic heterocycles. The normalized spacial score (nSPS) is 10.2. The number of unbranched alkanes of at least 4 members (excludes halogenated alkanes) is 2. The lowest BCUT2D eigenvalue weighted by Crippen LogP contribution is -1.97. The van der Waals surface area contributed by atoms with Gasteiger partial charge in [-0.3, -0.25) is 0 Å². The van der Waals surface area contributed by atoms with Crippen LogP contribution in [0.5, 0.6) is 5.75 Å². The first kappa shape index (κ1) is 17.1. The average Bonchev–Trinajstić information content (AvgIpc) is 2.58. The van der Waals surface area contributed by atoms with E-state index in [-0.39, 0.29) is 0 Å². The third kappa shape index (κ3) is 4.59. The van der Waals surface area contributed by atoms with Gasteiger partial charge in [0.25, 0.3) is 0 Å². The van der Waals surface area contributed by atoms with Crippen molar-refractivity contribution in [2.24, 2.45) is 0 Å². The van der Waals surface area contributed by atoms with Gasteiger partial charge in [0.05, 0.1) is 6.61 Å². The first-order chi connectivity index (χ1) is 11.3. The van der Waals surface area contributed by atoms with Crippen molar-refractivity contribution >= 4 is 21.5 Å². The van der Waals surface area contributed by atoms with Crippen LogP contribution < -0.4 is 4.74 Å². The number of fused-ring (bicyclic) bond motifs is 2. The maximum absolute atomic E-state index is 5.97. The van der Waals surface area contributed by atoms with E-state index in [2.05, 4.69) is 68.1 Å². The van der Waals surface area contributed by atoms with E-state index in [1.54, 1.807) is 6.08 Å². The molecule has 0 unspecified atom stereocenters. The molecule has 0 spiro atoms. The van der Waals surface area contributed by atoms with Gasteiger partial charge in [-0.1, -0.05) is 62.2 Å². The first-order valence-electron chi connectivity index (χ1n) is 8.41. The molecule has 120 valence electrons. The van der Waals surface area contributed by atoms with E-state index in [1.165, 1.54) is 34.4 Å². The van der Waals surface area contributed by atoms with Gasteiger partial charge in [0.15, 0.2) is 0 Å². The highest BCUT2D eigenvalue weighted by Gasteiger charge is 2.03. The van der Waals surface area contributed by atoms with Gasteiger partial charge in [-0.25, -0.2) is 0 Å². The highest BCUT2D eigenvalue weighted by Crippen LogP contribution is 2.30. The average molecular weight is 306 g/mol. The van der Waals surface area contributed by atoms with Crippen molar-refractivity contribution in [3.05, 3.63) is 67.3 Å². The number of hydrogen-bond donors (Lipinski definition) is 0. The molecule has 0 heterocycles. The summed E-state index contributed by atoms with van der Waals surface area (Å²) in [7, 11) is 0. The molecule has 1 heteroatoms. The van der Waals surface area contributed by atoms with Crippen LogP contribution in [0, 0.1) is 0 Å². The van der Waals surface area contributed by atoms with Crippen molar-refractivity contribution in [3.8, 4) is 5.75 Å². The predicted octanol–water partition coefficient (Wildman–Crippen LogP) is 6.75. The van der Waals surface area contributed by atoms with Crippen molar-refractivity contribution in [1.82, 2.24) is 0 Å². The van der Waals surface area contributed by atoms with Gasteiger partial charge in [0, 0.05) is 5.39 Å². The molecule has 0 radical (unpaired) electrons. The summed E-state index contributed by atoms with van der Waals surface area (Å²) in [5, 5.41) is 5.01. The second kappa shape index (κ2) is 8.99. The van der Waals surface area contributed by atoms with Crippen LogP contribution in [0.1, 0.15) is 33.1 Å². The molecule has 0 atom stereocenters. The van der Waals surface area contributed by atoms with E-state index < -0.39 is 0 Å². The van der Waals surface area contributed by atoms with E-state index in [9.17, 15) is 0 Å². The molecule has 0 fully saturated rings. The molecule has 0 aliphatic heterocycles. The lowest BCUT2D eigenvalue weighted by Gasteiger charge is -2.10. The Morgan fingerprint density at radius 1 is 0.913 bits per heavy atom. The number of allylic oxidation sites excluding steroid dienone is 1. The highest BCUT2D eigenvalue weighted by atomic mass is 16.5. The second-order valence-electron chi connectivity index (χ2n) is 5.64. The Morgan fingerprint density at radius 3 is 2.26 bits per heavy atom. The Labute approximate surface area is 139 Å². The minimum atomic E-state index is 0.805. The number of benzene rings is 3. The van der Waals surface area contributed by atoms with Crippen molar-refractivity contribution in [2.75, 3.05) is 6.61 Å². The molecule has 23 heavy (non-hydrogen) atoms. The Morgan fingerprint density at radius 2 is 1.57 bits per heavy atom. The minimum absolute atomic E-state index is 0.805. The molecule has 3 aromatic carbocycles. The van der Waals surface area contributed by atoms with E-state index >= 15 is 0 Å². The molecule has 0 saturated carbocycles. The fourth-order valence-corrected chi connectivity index (χ4v) is 2.60. The zero-order chi connectivity index (χ0) is 16.5. The van der Waals surface area contributed by atoms with Gasteiger partial charge in [0.1, 0.15) is 5.75 Å². The molecule has 0 aliphatic rings. The SMILES string of the molecule is C=CC.CCCCCOc1cccc2cc3ccccc3cc12. The van der Waals surface area contributed by atoms with Crippen LogP contribution in [0.2, 0.25) is 0 Å². The van der Waals surface area contributed by atoms with Gasteiger partial charge < -0.3 is 4.74 Å². The lowest BCUT2D eigenvalue weighted by molar-refractivity contribution is 0.310. The van der Waals surface area contributed by atoms with Crippen LogP contribution in [0.3, 0.4) is 0 Å². The summed E-state index contributed by atoms with van der Waals surface area (Å²) < 4.78 is 5.97. The zero-order valence-electron chi connectivity index (χ0n) is 14.2. The first-order valence-corrected chi connectivity index (χ1v) is 8.41. The summed E-state index contributed by atoms with van der Waals surface area (Å²) in [5.74, 6) is 1.00. The van der Waals surface area contributed by atoms with E-state index in [0.717, 1.165) is 18.8 Å². The Kier molecular flexibility index (Phi) is 6.68. The highest BCUT2D eigenvalue weighted by molar-refractivity contribution is 6.00. The third-order valence-corrected chi connectivity index (χ3v) is 3.71. The number of hydrogen-bond acceptors (Lipinski definition) is 1. The summed E-state index contributed by atoms with van der Waals surface area (Å²) in [6.07, 6.45) is 5.33. The van der Waals surface area contributed by atoms with Crippen LogP contribution in [-0.2, 0) is 0 Å². The van der Waals surface area contributed by atoms with Crippen molar-refractivity contribution in [3.63, 3.8) is 0 Å². The minimum Gasteiger partial charge on any atom is -0.493 e. The topological polar surface area (TPSA) is 9.23 Å². The molecular weight excluding hydrogens is 280 g/mol. The summed E-state index contributed by atoms with van der Waals surface area (Å²) in [5.41, 5.74) is 0. The van der Waals surface area contributed by atoms with Crippen LogP contribution in [0.4, 0.5) is 0 Å². The molecule has 0 N–H and O–H groups in total. The molecular formula is C22H26O. The number of rotatable bonds is 5. The van der Waals surface area contributed by atoms with Gasteiger partial charge in [-0.15, -0.1) is 6.58 Å². The molecule has 3 aromatic rings. The van der Waals surface area contributed by atoms with Crippen LogP contribution in [-0.4, -0.2) is 6.61 Å². The molecule has 0 aliphatic carbocycles. The molecule has 0 amide bonds. The van der Waals surface area contributed by atoms with Crippen molar-refractivity contribution < 1.29 is 4.74 Å². The monoisotopic (exact) mass is 306 g/mol. The van der Waals surface area contributed by atoms with E-state index in [0.29, 0.717) is 0 Å². The van der Waals surface area contributed by atoms with E-state index in [1.807, 2.05) is 6.92 Å². The molecule has 0 bridgehead atoms. The largest absolute Gasteiger partial charge is 0.493 e. The van der Waals surface area contributed by atoms with E-state index in [4.69, 9.17) is 4.74 Å². The summed E-state index contributed by atoms with van der Waals surface area (Å²) in [4.78, 5) is 0. The fourth-order valence-electron chi connectivity index (χ4n) is 2.60. The quantitative estimate of drug-likeness (QED) is 0.287. The molecule has 0 saturated heterocycles. The molecule has 3 rings (SSSR count). The van der Waals surface area contributed by atoms with Crippen LogP contribution in [0.25, 0.3) is 21.5 Å². The van der Waals surface area contributed by atoms with Crippen molar-refractivity contribution in [2.45, 2.75) is 33.1 Å². The predicted molar refractivity (Wildman–Crippen MR) is 102 cm³/mol. The summed E-state index contributed by atoms with van der Waals surface area (Å²) in [6, 6.07) is 19.3. The van der Waals surface area contributed by atoms with Gasteiger partial charge >= 0.3 is 0 Å². The van der Waals surface area contributed by atoms with Gasteiger partial charge in [-0.05, 0) is 47.7 Å². The lowest BCUT2D eigenvalue weighted by atomic mass is 10.0. The smallest absolute Gasteiger partial charge is 0.127 e. The summed E-state index contributed by atoms with van der Waals surface area (Å²) >= 11 is 0. The zero-order valence-corrected chi connectivity index (χ0v) is 14.2. The van der Waals surface area contributed by atoms with Gasteiger partial charge in [0.2, 0.25) is 0 Å². The standard InChI is InChI=1S/C19H20O.C3H6/c1-2-3-6-12-20-19-11-7-10-17-13-15-8-4-5-9-16(15)14-18(17)19;1-3-2/h4-5,7-11,13-14H,2-3,6,12H2,1H3;3H,1H2,2H3. The Hall–Kier alpha value is -2.28. The maximum Gasteiger partial charge on any atom is 0.127 e. The van der Waals surface area contributed by atoms with Crippen LogP contribution >= 0.6 is 0 Å². The van der Waals surface area contributed by atoms with Crippen LogP contribution in [0.15, 0.2) is 67.3 Å². The maximum atomic E-state index is 5.97. The number of ether oxygens (including phenoxy) is 1.